The summed E-state index contributed by atoms with van der Waals surface area (Å²) in [5, 5.41) is 0.578. The van der Waals surface area contributed by atoms with Gasteiger partial charge in [-0.15, -0.1) is 0 Å². The fourth-order valence-electron chi connectivity index (χ4n) is 6.03. The van der Waals surface area contributed by atoms with Crippen molar-refractivity contribution in [2.45, 2.75) is 24.9 Å². The summed E-state index contributed by atoms with van der Waals surface area (Å²) in [6.45, 7) is 1.52. The third-order valence-electron chi connectivity index (χ3n) is 7.23. The highest BCUT2D eigenvalue weighted by Gasteiger charge is 2.71. The topological polar surface area (TPSA) is 67.3 Å². The molecule has 1 fully saturated rings. The molecule has 3 aliphatic rings. The van der Waals surface area contributed by atoms with E-state index in [1.54, 1.807) is 48.8 Å². The Labute approximate surface area is 195 Å². The Morgan fingerprint density at radius 1 is 1.03 bits per heavy atom. The van der Waals surface area contributed by atoms with E-state index in [0.29, 0.717) is 21.7 Å². The Bertz CT molecular complexity index is 1350. The van der Waals surface area contributed by atoms with Gasteiger partial charge in [0, 0.05) is 40.1 Å². The predicted octanol–water partition coefficient (Wildman–Crippen LogP) is 4.76. The van der Waals surface area contributed by atoms with Crippen molar-refractivity contribution in [2.24, 2.45) is 5.41 Å². The number of Topliss-reactive ketones (excluding diaryl/α,β-unsaturated/α-hetero) is 3. The van der Waals surface area contributed by atoms with Crippen molar-refractivity contribution in [3.8, 4) is 0 Å². The highest BCUT2D eigenvalue weighted by molar-refractivity contribution is 6.32. The van der Waals surface area contributed by atoms with Crippen molar-refractivity contribution < 1.29 is 14.4 Å². The van der Waals surface area contributed by atoms with E-state index in [-0.39, 0.29) is 17.3 Å². The molecule has 2 aliphatic heterocycles. The van der Waals surface area contributed by atoms with Crippen LogP contribution in [0.3, 0.4) is 0 Å². The van der Waals surface area contributed by atoms with Crippen LogP contribution in [0.5, 0.6) is 0 Å². The van der Waals surface area contributed by atoms with E-state index in [1.807, 2.05) is 35.3 Å². The highest BCUT2D eigenvalue weighted by atomic mass is 35.5. The number of aromatic nitrogens is 1. The van der Waals surface area contributed by atoms with Gasteiger partial charge < -0.3 is 4.90 Å². The number of halogens is 1. The molecule has 6 rings (SSSR count). The Kier molecular flexibility index (Phi) is 4.23. The number of ketones is 3. The monoisotopic (exact) mass is 454 g/mol. The number of pyridine rings is 1. The zero-order valence-electron chi connectivity index (χ0n) is 17.7. The second-order valence-electron chi connectivity index (χ2n) is 8.81. The molecule has 0 saturated carbocycles. The SMILES string of the molecule is CC(=O)[C@@H]1[C@@H](c2cccnc2)C2(C(=O)c3ccccc3C2=O)[C@H]2C=Cc3cc(Cl)ccc3N12. The molecule has 2 aromatic carbocycles. The minimum atomic E-state index is -1.46. The van der Waals surface area contributed by atoms with Gasteiger partial charge in [-0.3, -0.25) is 19.4 Å². The number of hydrogen-bond acceptors (Lipinski definition) is 5. The largest absolute Gasteiger partial charge is 0.352 e. The lowest BCUT2D eigenvalue weighted by atomic mass is 9.64. The molecule has 0 amide bonds. The molecule has 0 radical (unpaired) electrons. The van der Waals surface area contributed by atoms with Gasteiger partial charge in [0.15, 0.2) is 17.3 Å². The van der Waals surface area contributed by atoms with Gasteiger partial charge in [0.1, 0.15) is 5.41 Å². The number of benzene rings is 2. The first kappa shape index (κ1) is 20.1. The van der Waals surface area contributed by atoms with Gasteiger partial charge in [-0.25, -0.2) is 0 Å². The van der Waals surface area contributed by atoms with Gasteiger partial charge in [0.25, 0.3) is 0 Å². The van der Waals surface area contributed by atoms with Gasteiger partial charge in [-0.05, 0) is 42.3 Å². The first-order valence-corrected chi connectivity index (χ1v) is 11.2. The number of nitrogens with zero attached hydrogens (tertiary/aromatic N) is 2. The lowest BCUT2D eigenvalue weighted by molar-refractivity contribution is -0.118. The maximum Gasteiger partial charge on any atom is 0.180 e. The van der Waals surface area contributed by atoms with Crippen LogP contribution in [0.2, 0.25) is 5.02 Å². The highest BCUT2D eigenvalue weighted by Crippen LogP contribution is 2.60. The number of hydrogen-bond donors (Lipinski definition) is 0. The van der Waals surface area contributed by atoms with Gasteiger partial charge >= 0.3 is 0 Å². The number of rotatable bonds is 2. The molecule has 1 aromatic heterocycles. The van der Waals surface area contributed by atoms with Gasteiger partial charge in [-0.1, -0.05) is 54.1 Å². The molecule has 3 heterocycles. The van der Waals surface area contributed by atoms with Crippen LogP contribution in [0.15, 0.2) is 73.1 Å². The van der Waals surface area contributed by atoms with E-state index in [4.69, 9.17) is 11.6 Å². The molecule has 0 unspecified atom stereocenters. The summed E-state index contributed by atoms with van der Waals surface area (Å²) in [5.41, 5.74) is 1.70. The molecule has 0 N–H and O–H groups in total. The summed E-state index contributed by atoms with van der Waals surface area (Å²) in [5.74, 6) is -1.28. The van der Waals surface area contributed by atoms with Crippen molar-refractivity contribution in [3.05, 3.63) is 100 Å². The maximum absolute atomic E-state index is 14.2. The summed E-state index contributed by atoms with van der Waals surface area (Å²) in [4.78, 5) is 47.8. The molecular weight excluding hydrogens is 436 g/mol. The summed E-state index contributed by atoms with van der Waals surface area (Å²) in [7, 11) is 0. The van der Waals surface area contributed by atoms with Crippen molar-refractivity contribution in [3.63, 3.8) is 0 Å². The molecule has 33 heavy (non-hydrogen) atoms. The summed E-state index contributed by atoms with van der Waals surface area (Å²) in [6.07, 6.45) is 7.09. The summed E-state index contributed by atoms with van der Waals surface area (Å²) >= 11 is 6.24. The average molecular weight is 455 g/mol. The molecule has 5 nitrogen and oxygen atoms in total. The van der Waals surface area contributed by atoms with E-state index in [2.05, 4.69) is 4.98 Å². The molecule has 0 bridgehead atoms. The van der Waals surface area contributed by atoms with Crippen LogP contribution in [-0.4, -0.2) is 34.4 Å². The van der Waals surface area contributed by atoms with Crippen LogP contribution in [-0.2, 0) is 4.79 Å². The predicted molar refractivity (Wildman–Crippen MR) is 126 cm³/mol. The van der Waals surface area contributed by atoms with Gasteiger partial charge in [0.2, 0.25) is 0 Å². The zero-order chi connectivity index (χ0) is 22.9. The van der Waals surface area contributed by atoms with Crippen LogP contribution in [0.25, 0.3) is 6.08 Å². The van der Waals surface area contributed by atoms with Crippen LogP contribution >= 0.6 is 11.6 Å². The normalized spacial score (nSPS) is 24.1. The van der Waals surface area contributed by atoms with E-state index < -0.39 is 23.4 Å². The molecule has 1 spiro atoms. The molecule has 3 aromatic rings. The number of carbonyl (C=O) groups is 3. The number of fused-ring (bicyclic) bond motifs is 5. The van der Waals surface area contributed by atoms with Crippen molar-refractivity contribution in [1.29, 1.82) is 0 Å². The minimum absolute atomic E-state index is 0.113. The molecule has 1 saturated heterocycles. The third-order valence-corrected chi connectivity index (χ3v) is 7.46. The second kappa shape index (κ2) is 6.96. The fourth-order valence-corrected chi connectivity index (χ4v) is 6.21. The van der Waals surface area contributed by atoms with Crippen LogP contribution in [0.4, 0.5) is 5.69 Å². The average Bonchev–Trinajstić information content (AvgIpc) is 3.26. The smallest absolute Gasteiger partial charge is 0.180 e. The Morgan fingerprint density at radius 3 is 2.39 bits per heavy atom. The van der Waals surface area contributed by atoms with Crippen molar-refractivity contribution in [1.82, 2.24) is 4.98 Å². The number of anilines is 1. The molecule has 6 heteroatoms. The Balaban J connectivity index is 1.68. The first-order chi connectivity index (χ1) is 16.0. The second-order valence-corrected chi connectivity index (χ2v) is 9.24. The van der Waals surface area contributed by atoms with Crippen molar-refractivity contribution >= 4 is 40.7 Å². The summed E-state index contributed by atoms with van der Waals surface area (Å²) < 4.78 is 0. The Hall–Kier alpha value is -3.57. The molecule has 1 aliphatic carbocycles. The zero-order valence-corrected chi connectivity index (χ0v) is 18.5. The standard InChI is InChI=1S/C27H19ClN2O3/c1-15(31)24-23(17-5-4-12-29-14-17)27(25(32)19-6-2-3-7-20(19)26(27)33)22-11-8-16-13-18(28)9-10-21(16)30(22)24/h2-14,22-24H,1H3/t22-,23-,24-/m1/s1. The lowest BCUT2D eigenvalue weighted by Crippen LogP contribution is -2.48. The van der Waals surface area contributed by atoms with Crippen LogP contribution in [0, 0.1) is 5.41 Å². The maximum atomic E-state index is 14.2. The van der Waals surface area contributed by atoms with Crippen molar-refractivity contribution in [2.75, 3.05) is 4.90 Å². The fraction of sp³-hybridized carbons (Fsp3) is 0.185. The third kappa shape index (κ3) is 2.48. The van der Waals surface area contributed by atoms with E-state index in [1.165, 1.54) is 6.92 Å². The lowest BCUT2D eigenvalue weighted by Gasteiger charge is -2.37. The molecule has 162 valence electrons. The molecule has 3 atom stereocenters. The summed E-state index contributed by atoms with van der Waals surface area (Å²) in [6, 6.07) is 14.7. The number of carbonyl (C=O) groups excluding carboxylic acids is 3. The van der Waals surface area contributed by atoms with E-state index >= 15 is 0 Å². The quantitative estimate of drug-likeness (QED) is 0.522. The van der Waals surface area contributed by atoms with E-state index in [9.17, 15) is 14.4 Å². The first-order valence-electron chi connectivity index (χ1n) is 10.8. The van der Waals surface area contributed by atoms with Gasteiger partial charge in [-0.2, -0.15) is 0 Å². The van der Waals surface area contributed by atoms with Crippen LogP contribution < -0.4 is 4.90 Å². The van der Waals surface area contributed by atoms with E-state index in [0.717, 1.165) is 11.3 Å². The van der Waals surface area contributed by atoms with Gasteiger partial charge in [0.05, 0.1) is 12.1 Å². The minimum Gasteiger partial charge on any atom is -0.352 e. The molecular formula is C27H19ClN2O3. The Morgan fingerprint density at radius 2 is 1.76 bits per heavy atom. The van der Waals surface area contributed by atoms with Crippen LogP contribution in [0.1, 0.15) is 44.7 Å².